The van der Waals surface area contributed by atoms with E-state index in [1.807, 2.05) is 4.90 Å². The molecule has 6 nitrogen and oxygen atoms in total. The molecular weight excluding hydrogens is 218 g/mol. The number of carbonyl (C=O) groups excluding carboxylic acids is 1. The lowest BCUT2D eigenvalue weighted by Crippen LogP contribution is -2.44. The summed E-state index contributed by atoms with van der Waals surface area (Å²) in [5.41, 5.74) is 0. The van der Waals surface area contributed by atoms with Gasteiger partial charge in [0.05, 0.1) is 6.04 Å². The average molecular weight is 237 g/mol. The lowest BCUT2D eigenvalue weighted by molar-refractivity contribution is -0.129. The fourth-order valence-corrected chi connectivity index (χ4v) is 2.22. The number of piperidine rings is 1. The van der Waals surface area contributed by atoms with Gasteiger partial charge in [-0.2, -0.15) is 5.10 Å². The topological polar surface area (TPSA) is 73.9 Å². The van der Waals surface area contributed by atoms with E-state index in [1.54, 1.807) is 6.92 Å². The Morgan fingerprint density at radius 3 is 2.82 bits per heavy atom. The third-order valence-electron chi connectivity index (χ3n) is 3.27. The summed E-state index contributed by atoms with van der Waals surface area (Å²) in [7, 11) is 0. The lowest BCUT2D eigenvalue weighted by atomic mass is 10.0. The van der Waals surface area contributed by atoms with Crippen molar-refractivity contribution in [2.45, 2.75) is 38.8 Å². The van der Waals surface area contributed by atoms with Gasteiger partial charge in [-0.05, 0) is 19.8 Å². The van der Waals surface area contributed by atoms with Crippen LogP contribution < -0.4 is 5.32 Å². The summed E-state index contributed by atoms with van der Waals surface area (Å²) in [5, 5.41) is 10.2. The SMILES string of the molecule is CC(=O)N1CCC(NC(C)c2ncn[nH]2)CC1. The Bertz CT molecular complexity index is 356. The van der Waals surface area contributed by atoms with E-state index in [0.29, 0.717) is 6.04 Å². The van der Waals surface area contributed by atoms with E-state index >= 15 is 0 Å². The molecular formula is C11H19N5O. The van der Waals surface area contributed by atoms with Crippen molar-refractivity contribution < 1.29 is 4.79 Å². The molecule has 1 aliphatic rings. The molecule has 0 radical (unpaired) electrons. The van der Waals surface area contributed by atoms with Gasteiger partial charge in [-0.25, -0.2) is 4.98 Å². The molecule has 1 aromatic heterocycles. The number of nitrogens with one attached hydrogen (secondary N) is 2. The number of hydrogen-bond donors (Lipinski definition) is 2. The van der Waals surface area contributed by atoms with Crippen LogP contribution >= 0.6 is 0 Å². The standard InChI is InChI=1S/C11H19N5O/c1-8(11-12-7-13-15-11)14-10-3-5-16(6-4-10)9(2)17/h7-8,10,14H,3-6H2,1-2H3,(H,12,13,15). The normalized spacial score (nSPS) is 19.3. The van der Waals surface area contributed by atoms with Gasteiger partial charge < -0.3 is 10.2 Å². The van der Waals surface area contributed by atoms with Crippen molar-refractivity contribution in [2.75, 3.05) is 13.1 Å². The number of aromatic nitrogens is 3. The average Bonchev–Trinajstić information content (AvgIpc) is 2.83. The molecule has 6 heteroatoms. The summed E-state index contributed by atoms with van der Waals surface area (Å²) in [6.07, 6.45) is 3.52. The van der Waals surface area contributed by atoms with E-state index in [9.17, 15) is 4.79 Å². The Morgan fingerprint density at radius 1 is 1.59 bits per heavy atom. The molecule has 2 rings (SSSR count). The molecule has 0 aromatic carbocycles. The Morgan fingerprint density at radius 2 is 2.29 bits per heavy atom. The number of nitrogens with zero attached hydrogens (tertiary/aromatic N) is 3. The van der Waals surface area contributed by atoms with Gasteiger partial charge in [-0.3, -0.25) is 9.89 Å². The Kier molecular flexibility index (Phi) is 3.73. The van der Waals surface area contributed by atoms with Crippen LogP contribution in [0.5, 0.6) is 0 Å². The van der Waals surface area contributed by atoms with Gasteiger partial charge in [0.1, 0.15) is 12.2 Å². The largest absolute Gasteiger partial charge is 0.343 e. The molecule has 1 fully saturated rings. The van der Waals surface area contributed by atoms with Crippen molar-refractivity contribution in [3.63, 3.8) is 0 Å². The first-order valence-corrected chi connectivity index (χ1v) is 6.03. The van der Waals surface area contributed by atoms with Crippen molar-refractivity contribution in [2.24, 2.45) is 0 Å². The highest BCUT2D eigenvalue weighted by atomic mass is 16.2. The molecule has 1 saturated heterocycles. The van der Waals surface area contributed by atoms with Crippen LogP contribution in [0.3, 0.4) is 0 Å². The molecule has 94 valence electrons. The molecule has 0 bridgehead atoms. The van der Waals surface area contributed by atoms with Crippen molar-refractivity contribution in [1.82, 2.24) is 25.4 Å². The minimum absolute atomic E-state index is 0.173. The predicted molar refractivity (Wildman–Crippen MR) is 63.2 cm³/mol. The third-order valence-corrected chi connectivity index (χ3v) is 3.27. The highest BCUT2D eigenvalue weighted by Crippen LogP contribution is 2.14. The van der Waals surface area contributed by atoms with Crippen LogP contribution in [0.2, 0.25) is 0 Å². The van der Waals surface area contributed by atoms with Gasteiger partial charge in [0.15, 0.2) is 0 Å². The lowest BCUT2D eigenvalue weighted by Gasteiger charge is -2.33. The fourth-order valence-electron chi connectivity index (χ4n) is 2.22. The fraction of sp³-hybridized carbons (Fsp3) is 0.727. The maximum atomic E-state index is 11.2. The van der Waals surface area contributed by atoms with E-state index in [4.69, 9.17) is 0 Å². The van der Waals surface area contributed by atoms with Crippen LogP contribution in [0, 0.1) is 0 Å². The van der Waals surface area contributed by atoms with E-state index in [0.717, 1.165) is 31.8 Å². The van der Waals surface area contributed by atoms with Crippen LogP contribution in [0.4, 0.5) is 0 Å². The number of likely N-dealkylation sites (tertiary alicyclic amines) is 1. The van der Waals surface area contributed by atoms with Gasteiger partial charge in [-0.15, -0.1) is 0 Å². The minimum atomic E-state index is 0.173. The maximum absolute atomic E-state index is 11.2. The number of hydrogen-bond acceptors (Lipinski definition) is 4. The summed E-state index contributed by atoms with van der Waals surface area (Å²) in [6.45, 7) is 5.38. The number of H-pyrrole nitrogens is 1. The van der Waals surface area contributed by atoms with Crippen molar-refractivity contribution in [3.05, 3.63) is 12.2 Å². The molecule has 1 aliphatic heterocycles. The summed E-state index contributed by atoms with van der Waals surface area (Å²) in [4.78, 5) is 17.2. The zero-order valence-electron chi connectivity index (χ0n) is 10.3. The van der Waals surface area contributed by atoms with Crippen molar-refractivity contribution in [3.8, 4) is 0 Å². The van der Waals surface area contributed by atoms with Crippen LogP contribution in [0.15, 0.2) is 6.33 Å². The van der Waals surface area contributed by atoms with Gasteiger partial charge in [0.2, 0.25) is 5.91 Å². The van der Waals surface area contributed by atoms with Gasteiger partial charge in [0, 0.05) is 26.1 Å². The minimum Gasteiger partial charge on any atom is -0.343 e. The number of aromatic amines is 1. The van der Waals surface area contributed by atoms with Crippen LogP contribution in [-0.2, 0) is 4.79 Å². The molecule has 1 amide bonds. The third kappa shape index (κ3) is 3.03. The molecule has 1 atom stereocenters. The first-order valence-electron chi connectivity index (χ1n) is 6.03. The van der Waals surface area contributed by atoms with Gasteiger partial charge >= 0.3 is 0 Å². The van der Waals surface area contributed by atoms with Crippen LogP contribution in [0.25, 0.3) is 0 Å². The van der Waals surface area contributed by atoms with E-state index < -0.39 is 0 Å². The molecule has 1 unspecified atom stereocenters. The first kappa shape index (κ1) is 12.0. The smallest absolute Gasteiger partial charge is 0.219 e. The van der Waals surface area contributed by atoms with Crippen LogP contribution in [0.1, 0.15) is 38.6 Å². The van der Waals surface area contributed by atoms with Crippen molar-refractivity contribution >= 4 is 5.91 Å². The molecule has 2 heterocycles. The van der Waals surface area contributed by atoms with E-state index in [2.05, 4.69) is 27.4 Å². The second-order valence-corrected chi connectivity index (χ2v) is 4.54. The highest BCUT2D eigenvalue weighted by molar-refractivity contribution is 5.73. The molecule has 0 saturated carbocycles. The zero-order valence-corrected chi connectivity index (χ0v) is 10.3. The maximum Gasteiger partial charge on any atom is 0.219 e. The summed E-state index contributed by atoms with van der Waals surface area (Å²) >= 11 is 0. The molecule has 2 N–H and O–H groups in total. The summed E-state index contributed by atoms with van der Waals surface area (Å²) in [5.74, 6) is 1.03. The van der Waals surface area contributed by atoms with Gasteiger partial charge in [-0.1, -0.05) is 0 Å². The van der Waals surface area contributed by atoms with E-state index in [-0.39, 0.29) is 11.9 Å². The summed E-state index contributed by atoms with van der Waals surface area (Å²) < 4.78 is 0. The predicted octanol–water partition coefficient (Wildman–Crippen LogP) is 0.466. The number of rotatable bonds is 3. The van der Waals surface area contributed by atoms with E-state index in [1.165, 1.54) is 6.33 Å². The monoisotopic (exact) mass is 237 g/mol. The van der Waals surface area contributed by atoms with Crippen LogP contribution in [-0.4, -0.2) is 45.1 Å². The molecule has 1 aromatic rings. The highest BCUT2D eigenvalue weighted by Gasteiger charge is 2.22. The summed E-state index contributed by atoms with van der Waals surface area (Å²) in [6, 6.07) is 0.622. The molecule has 0 spiro atoms. The zero-order chi connectivity index (χ0) is 12.3. The Balaban J connectivity index is 1.80. The molecule has 0 aliphatic carbocycles. The number of carbonyl (C=O) groups is 1. The number of amides is 1. The van der Waals surface area contributed by atoms with Gasteiger partial charge in [0.25, 0.3) is 0 Å². The Labute approximate surface area is 101 Å². The quantitative estimate of drug-likeness (QED) is 0.801. The van der Waals surface area contributed by atoms with Crippen molar-refractivity contribution in [1.29, 1.82) is 0 Å². The second-order valence-electron chi connectivity index (χ2n) is 4.54. The first-order chi connectivity index (χ1) is 8.16. The second kappa shape index (κ2) is 5.27. The molecule has 17 heavy (non-hydrogen) atoms. The Hall–Kier alpha value is -1.43.